The third kappa shape index (κ3) is 5.46. The second-order valence-electron chi connectivity index (χ2n) is 7.80. The number of hydrogen-bond acceptors (Lipinski definition) is 6. The zero-order chi connectivity index (χ0) is 24.1. The molecule has 4 rings (SSSR count). The average Bonchev–Trinajstić information content (AvgIpc) is 3.55. The Morgan fingerprint density at radius 1 is 1.09 bits per heavy atom. The second-order valence-corrected chi connectivity index (χ2v) is 10.6. The number of methoxy groups -OCH3 is 1. The van der Waals surface area contributed by atoms with Crippen molar-refractivity contribution in [2.45, 2.75) is 30.3 Å². The zero-order valence-corrected chi connectivity index (χ0v) is 20.2. The number of benzene rings is 2. The number of amides is 2. The normalized spacial score (nSPS) is 15.8. The lowest BCUT2D eigenvalue weighted by Crippen LogP contribution is -2.43. The Morgan fingerprint density at radius 2 is 1.82 bits per heavy atom. The van der Waals surface area contributed by atoms with Crippen molar-refractivity contribution >= 4 is 38.9 Å². The number of anilines is 1. The predicted molar refractivity (Wildman–Crippen MR) is 130 cm³/mol. The fraction of sp³-hybridized carbons (Fsp3) is 0.250. The summed E-state index contributed by atoms with van der Waals surface area (Å²) in [5, 5.41) is 4.73. The molecule has 2 N–H and O–H groups in total. The van der Waals surface area contributed by atoms with Crippen molar-refractivity contribution in [3.8, 4) is 5.75 Å². The lowest BCUT2D eigenvalue weighted by Gasteiger charge is -2.24. The first-order valence-corrected chi connectivity index (χ1v) is 13.1. The standard InChI is InChI=1S/C24H25N3O5S2/c1-32-19-10-8-18(9-11-19)26-23(28)22-5-2-14-27(22)24(29)17-6-12-21(13-7-17)34(30,31)25-16-20-4-3-15-33-20/h3-4,6-13,15,22,25H,2,5,14,16H2,1H3,(H,26,28). The number of hydrogen-bond donors (Lipinski definition) is 2. The fourth-order valence-electron chi connectivity index (χ4n) is 3.79. The van der Waals surface area contributed by atoms with E-state index in [2.05, 4.69) is 10.0 Å². The molecule has 1 unspecified atom stereocenters. The molecule has 1 aliphatic heterocycles. The van der Waals surface area contributed by atoms with E-state index < -0.39 is 16.1 Å². The summed E-state index contributed by atoms with van der Waals surface area (Å²) in [6, 6.07) is 15.9. The Labute approximate surface area is 202 Å². The van der Waals surface area contributed by atoms with Crippen molar-refractivity contribution in [3.63, 3.8) is 0 Å². The molecular weight excluding hydrogens is 474 g/mol. The van der Waals surface area contributed by atoms with E-state index in [4.69, 9.17) is 4.74 Å². The van der Waals surface area contributed by atoms with Crippen LogP contribution in [0.15, 0.2) is 70.9 Å². The van der Waals surface area contributed by atoms with Crippen LogP contribution in [0.25, 0.3) is 0 Å². The van der Waals surface area contributed by atoms with Crippen LogP contribution >= 0.6 is 11.3 Å². The molecule has 10 heteroatoms. The van der Waals surface area contributed by atoms with Gasteiger partial charge in [-0.15, -0.1) is 11.3 Å². The fourth-order valence-corrected chi connectivity index (χ4v) is 5.53. The number of thiophene rings is 1. The minimum Gasteiger partial charge on any atom is -0.497 e. The third-order valence-corrected chi connectivity index (χ3v) is 7.90. The Balaban J connectivity index is 1.41. The molecule has 8 nitrogen and oxygen atoms in total. The number of ether oxygens (including phenoxy) is 1. The van der Waals surface area contributed by atoms with Crippen molar-refractivity contribution in [2.75, 3.05) is 19.0 Å². The molecule has 0 radical (unpaired) electrons. The quantitative estimate of drug-likeness (QED) is 0.494. The van der Waals surface area contributed by atoms with Crippen molar-refractivity contribution in [2.24, 2.45) is 0 Å². The summed E-state index contributed by atoms with van der Waals surface area (Å²) in [6.07, 6.45) is 1.28. The lowest BCUT2D eigenvalue weighted by molar-refractivity contribution is -0.119. The molecule has 0 saturated carbocycles. The van der Waals surface area contributed by atoms with Gasteiger partial charge in [-0.2, -0.15) is 0 Å². The highest BCUT2D eigenvalue weighted by Gasteiger charge is 2.34. The first-order chi connectivity index (χ1) is 16.4. The molecule has 1 aromatic heterocycles. The number of carbonyl (C=O) groups is 2. The maximum absolute atomic E-state index is 13.1. The van der Waals surface area contributed by atoms with Crippen LogP contribution in [-0.2, 0) is 21.4 Å². The highest BCUT2D eigenvalue weighted by atomic mass is 32.2. The van der Waals surface area contributed by atoms with Crippen LogP contribution in [0.4, 0.5) is 5.69 Å². The Kier molecular flexibility index (Phi) is 7.30. The summed E-state index contributed by atoms with van der Waals surface area (Å²) in [7, 11) is -2.13. The number of nitrogens with one attached hydrogen (secondary N) is 2. The highest BCUT2D eigenvalue weighted by Crippen LogP contribution is 2.23. The summed E-state index contributed by atoms with van der Waals surface area (Å²) in [6.45, 7) is 0.668. The van der Waals surface area contributed by atoms with E-state index in [1.165, 1.54) is 40.5 Å². The molecular formula is C24H25N3O5S2. The lowest BCUT2D eigenvalue weighted by atomic mass is 10.1. The van der Waals surface area contributed by atoms with Crippen molar-refractivity contribution in [1.82, 2.24) is 9.62 Å². The van der Waals surface area contributed by atoms with Gasteiger partial charge < -0.3 is 15.0 Å². The number of likely N-dealkylation sites (tertiary alicyclic amines) is 1. The molecule has 1 atom stereocenters. The minimum atomic E-state index is -3.70. The summed E-state index contributed by atoms with van der Waals surface area (Å²) in [4.78, 5) is 28.5. The van der Waals surface area contributed by atoms with Gasteiger partial charge in [-0.1, -0.05) is 6.07 Å². The van der Waals surface area contributed by atoms with E-state index in [1.807, 2.05) is 17.5 Å². The zero-order valence-electron chi connectivity index (χ0n) is 18.6. The van der Waals surface area contributed by atoms with Crippen molar-refractivity contribution in [1.29, 1.82) is 0 Å². The van der Waals surface area contributed by atoms with Gasteiger partial charge in [-0.05, 0) is 72.8 Å². The van der Waals surface area contributed by atoms with Gasteiger partial charge in [0.05, 0.1) is 12.0 Å². The highest BCUT2D eigenvalue weighted by molar-refractivity contribution is 7.89. The maximum atomic E-state index is 13.1. The molecule has 2 heterocycles. The molecule has 0 aliphatic carbocycles. The van der Waals surface area contributed by atoms with Gasteiger partial charge in [0.1, 0.15) is 11.8 Å². The summed E-state index contributed by atoms with van der Waals surface area (Å²) < 4.78 is 32.8. The molecule has 1 saturated heterocycles. The van der Waals surface area contributed by atoms with Gasteiger partial charge in [0.2, 0.25) is 15.9 Å². The topological polar surface area (TPSA) is 105 Å². The molecule has 0 spiro atoms. The van der Waals surface area contributed by atoms with Gasteiger partial charge in [0.15, 0.2) is 0 Å². The van der Waals surface area contributed by atoms with Gasteiger partial charge in [0, 0.05) is 29.2 Å². The summed E-state index contributed by atoms with van der Waals surface area (Å²) in [5.74, 6) is 0.124. The predicted octanol–water partition coefficient (Wildman–Crippen LogP) is 3.48. The first-order valence-electron chi connectivity index (χ1n) is 10.8. The third-order valence-electron chi connectivity index (χ3n) is 5.60. The monoisotopic (exact) mass is 499 g/mol. The Hall–Kier alpha value is -3.21. The van der Waals surface area contributed by atoms with Gasteiger partial charge in [-0.25, -0.2) is 13.1 Å². The number of carbonyl (C=O) groups excluding carboxylic acids is 2. The van der Waals surface area contributed by atoms with Gasteiger partial charge in [0.25, 0.3) is 5.91 Å². The van der Waals surface area contributed by atoms with E-state index in [-0.39, 0.29) is 23.3 Å². The largest absolute Gasteiger partial charge is 0.497 e. The molecule has 178 valence electrons. The summed E-state index contributed by atoms with van der Waals surface area (Å²) in [5.41, 5.74) is 0.955. The molecule has 1 aliphatic rings. The first kappa shape index (κ1) is 23.9. The number of nitrogens with zero attached hydrogens (tertiary/aromatic N) is 1. The van der Waals surface area contributed by atoms with E-state index in [0.29, 0.717) is 36.4 Å². The van der Waals surface area contributed by atoms with Crippen LogP contribution in [0, 0.1) is 0 Å². The van der Waals surface area contributed by atoms with Crippen LogP contribution in [0.1, 0.15) is 28.1 Å². The van der Waals surface area contributed by atoms with E-state index in [0.717, 1.165) is 4.88 Å². The smallest absolute Gasteiger partial charge is 0.254 e. The van der Waals surface area contributed by atoms with Gasteiger partial charge >= 0.3 is 0 Å². The average molecular weight is 500 g/mol. The molecule has 3 aromatic rings. The Bertz CT molecular complexity index is 1240. The van der Waals surface area contributed by atoms with Crippen LogP contribution in [0.3, 0.4) is 0 Å². The SMILES string of the molecule is COc1ccc(NC(=O)C2CCCN2C(=O)c2ccc(S(=O)(=O)NCc3cccs3)cc2)cc1. The van der Waals surface area contributed by atoms with Crippen molar-refractivity contribution in [3.05, 3.63) is 76.5 Å². The molecule has 1 fully saturated rings. The molecule has 34 heavy (non-hydrogen) atoms. The minimum absolute atomic E-state index is 0.0795. The molecule has 0 bridgehead atoms. The van der Waals surface area contributed by atoms with E-state index in [1.54, 1.807) is 31.4 Å². The van der Waals surface area contributed by atoms with E-state index in [9.17, 15) is 18.0 Å². The van der Waals surface area contributed by atoms with Crippen LogP contribution < -0.4 is 14.8 Å². The maximum Gasteiger partial charge on any atom is 0.254 e. The molecule has 2 aromatic carbocycles. The van der Waals surface area contributed by atoms with Crippen LogP contribution in [0.2, 0.25) is 0 Å². The molecule has 2 amide bonds. The Morgan fingerprint density at radius 3 is 2.47 bits per heavy atom. The second kappa shape index (κ2) is 10.4. The van der Waals surface area contributed by atoms with Gasteiger partial charge in [-0.3, -0.25) is 9.59 Å². The van der Waals surface area contributed by atoms with Crippen LogP contribution in [0.5, 0.6) is 5.75 Å². The number of rotatable bonds is 8. The summed E-state index contributed by atoms with van der Waals surface area (Å²) >= 11 is 1.47. The van der Waals surface area contributed by atoms with E-state index >= 15 is 0 Å². The van der Waals surface area contributed by atoms with Crippen LogP contribution in [-0.4, -0.2) is 44.8 Å². The number of sulfonamides is 1. The van der Waals surface area contributed by atoms with Crippen molar-refractivity contribution < 1.29 is 22.7 Å².